The minimum atomic E-state index is -2.44. The lowest BCUT2D eigenvalue weighted by atomic mass is 10.3. The third-order valence-corrected chi connectivity index (χ3v) is 1.69. The number of anilines is 1. The van der Waals surface area contributed by atoms with Crippen LogP contribution in [0.2, 0.25) is 0 Å². The molecule has 0 spiro atoms. The van der Waals surface area contributed by atoms with Crippen LogP contribution in [-0.2, 0) is 4.74 Å². The zero-order valence-electron chi connectivity index (χ0n) is 8.49. The van der Waals surface area contributed by atoms with Crippen LogP contribution in [0.4, 0.5) is 14.6 Å². The molecule has 1 aromatic heterocycles. The van der Waals surface area contributed by atoms with Gasteiger partial charge in [-0.2, -0.15) is 5.26 Å². The molecule has 0 aliphatic heterocycles. The molecule has 0 aliphatic carbocycles. The van der Waals surface area contributed by atoms with Crippen molar-refractivity contribution in [1.82, 2.24) is 4.98 Å². The Bertz CT molecular complexity index is 348. The standard InChI is InChI=1S/C10H11F2N3O/c11-9(12)7-16-4-3-14-10-2-1-8(5-13)6-15-10/h1-2,6,9H,3-4,7H2,(H,14,15). The van der Waals surface area contributed by atoms with E-state index in [9.17, 15) is 8.78 Å². The van der Waals surface area contributed by atoms with Crippen molar-refractivity contribution < 1.29 is 13.5 Å². The quantitative estimate of drug-likeness (QED) is 0.750. The van der Waals surface area contributed by atoms with Gasteiger partial charge in [-0.1, -0.05) is 0 Å². The molecule has 0 bridgehead atoms. The Morgan fingerprint density at radius 2 is 2.31 bits per heavy atom. The van der Waals surface area contributed by atoms with Gasteiger partial charge in [0.1, 0.15) is 18.5 Å². The first-order valence-electron chi connectivity index (χ1n) is 4.68. The van der Waals surface area contributed by atoms with Crippen LogP contribution in [0, 0.1) is 11.3 Å². The summed E-state index contributed by atoms with van der Waals surface area (Å²) >= 11 is 0. The highest BCUT2D eigenvalue weighted by Gasteiger charge is 2.01. The first kappa shape index (κ1) is 12.3. The first-order chi connectivity index (χ1) is 7.72. The minimum absolute atomic E-state index is 0.187. The number of hydrogen-bond acceptors (Lipinski definition) is 4. The molecule has 0 aliphatic rings. The molecule has 0 aromatic carbocycles. The molecule has 1 rings (SSSR count). The van der Waals surface area contributed by atoms with Gasteiger partial charge in [0.15, 0.2) is 0 Å². The second-order valence-electron chi connectivity index (χ2n) is 2.94. The van der Waals surface area contributed by atoms with E-state index in [4.69, 9.17) is 5.26 Å². The van der Waals surface area contributed by atoms with E-state index < -0.39 is 13.0 Å². The number of hydrogen-bond donors (Lipinski definition) is 1. The summed E-state index contributed by atoms with van der Waals surface area (Å²) in [6.07, 6.45) is -1.00. The SMILES string of the molecule is N#Cc1ccc(NCCOCC(F)F)nc1. The van der Waals surface area contributed by atoms with Crippen LogP contribution in [0.25, 0.3) is 0 Å². The number of nitrogens with zero attached hydrogens (tertiary/aromatic N) is 2. The largest absolute Gasteiger partial charge is 0.374 e. The third kappa shape index (κ3) is 4.66. The Morgan fingerprint density at radius 3 is 2.88 bits per heavy atom. The van der Waals surface area contributed by atoms with Crippen molar-refractivity contribution in [2.24, 2.45) is 0 Å². The third-order valence-electron chi connectivity index (χ3n) is 1.69. The van der Waals surface area contributed by atoms with Crippen molar-refractivity contribution >= 4 is 5.82 Å². The lowest BCUT2D eigenvalue weighted by Gasteiger charge is -2.06. The number of ether oxygens (including phenoxy) is 1. The van der Waals surface area contributed by atoms with Crippen LogP contribution >= 0.6 is 0 Å². The Kier molecular flexibility index (Phi) is 5.16. The van der Waals surface area contributed by atoms with E-state index in [1.807, 2.05) is 6.07 Å². The van der Waals surface area contributed by atoms with Crippen LogP contribution in [0.15, 0.2) is 18.3 Å². The number of nitriles is 1. The predicted octanol–water partition coefficient (Wildman–Crippen LogP) is 1.65. The van der Waals surface area contributed by atoms with Gasteiger partial charge in [0.25, 0.3) is 6.43 Å². The zero-order chi connectivity index (χ0) is 11.8. The molecule has 16 heavy (non-hydrogen) atoms. The van der Waals surface area contributed by atoms with E-state index in [0.717, 1.165) is 0 Å². The van der Waals surface area contributed by atoms with Gasteiger partial charge in [-0.25, -0.2) is 13.8 Å². The number of rotatable bonds is 6. The van der Waals surface area contributed by atoms with Crippen LogP contribution in [0.3, 0.4) is 0 Å². The van der Waals surface area contributed by atoms with Crippen molar-refractivity contribution in [1.29, 1.82) is 5.26 Å². The maximum atomic E-state index is 11.7. The predicted molar refractivity (Wildman–Crippen MR) is 54.3 cm³/mol. The topological polar surface area (TPSA) is 57.9 Å². The molecular weight excluding hydrogens is 216 g/mol. The summed E-state index contributed by atoms with van der Waals surface area (Å²) in [5.41, 5.74) is 0.472. The molecule has 0 atom stereocenters. The summed E-state index contributed by atoms with van der Waals surface area (Å²) in [6.45, 7) is 0.0279. The van der Waals surface area contributed by atoms with E-state index in [1.54, 1.807) is 12.1 Å². The van der Waals surface area contributed by atoms with E-state index in [2.05, 4.69) is 15.0 Å². The van der Waals surface area contributed by atoms with Gasteiger partial charge in [0.05, 0.1) is 12.2 Å². The molecule has 1 aromatic rings. The van der Waals surface area contributed by atoms with Crippen LogP contribution < -0.4 is 5.32 Å². The van der Waals surface area contributed by atoms with Gasteiger partial charge in [-0.15, -0.1) is 0 Å². The van der Waals surface area contributed by atoms with Crippen LogP contribution in [-0.4, -0.2) is 31.2 Å². The van der Waals surface area contributed by atoms with E-state index in [0.29, 0.717) is 17.9 Å². The smallest absolute Gasteiger partial charge is 0.261 e. The second kappa shape index (κ2) is 6.69. The molecule has 0 unspecified atom stereocenters. The second-order valence-corrected chi connectivity index (χ2v) is 2.94. The maximum Gasteiger partial charge on any atom is 0.261 e. The summed E-state index contributed by atoms with van der Waals surface area (Å²) in [5.74, 6) is 0.583. The Morgan fingerprint density at radius 1 is 1.50 bits per heavy atom. The fourth-order valence-electron chi connectivity index (χ4n) is 0.988. The highest BCUT2D eigenvalue weighted by molar-refractivity contribution is 5.38. The van der Waals surface area contributed by atoms with Crippen molar-refractivity contribution in [2.45, 2.75) is 6.43 Å². The highest BCUT2D eigenvalue weighted by Crippen LogP contribution is 2.03. The van der Waals surface area contributed by atoms with Gasteiger partial charge in [0, 0.05) is 12.7 Å². The molecule has 0 amide bonds. The fourth-order valence-corrected chi connectivity index (χ4v) is 0.988. The normalized spacial score (nSPS) is 10.1. The number of halogens is 2. The van der Waals surface area contributed by atoms with E-state index >= 15 is 0 Å². The molecule has 0 fully saturated rings. The van der Waals surface area contributed by atoms with Crippen LogP contribution in [0.1, 0.15) is 5.56 Å². The molecule has 4 nitrogen and oxygen atoms in total. The summed E-state index contributed by atoms with van der Waals surface area (Å²) < 4.78 is 28.0. The van der Waals surface area contributed by atoms with Gasteiger partial charge in [0.2, 0.25) is 0 Å². The number of nitrogens with one attached hydrogen (secondary N) is 1. The summed E-state index contributed by atoms with van der Waals surface area (Å²) in [4.78, 5) is 3.94. The Labute approximate surface area is 91.9 Å². The van der Waals surface area contributed by atoms with Gasteiger partial charge >= 0.3 is 0 Å². The number of alkyl halides is 2. The number of pyridine rings is 1. The Balaban J connectivity index is 2.20. The molecule has 86 valence electrons. The molecule has 6 heteroatoms. The molecule has 1 N–H and O–H groups in total. The highest BCUT2D eigenvalue weighted by atomic mass is 19.3. The molecule has 1 heterocycles. The maximum absolute atomic E-state index is 11.7. The van der Waals surface area contributed by atoms with Crippen molar-refractivity contribution in [3.63, 3.8) is 0 Å². The van der Waals surface area contributed by atoms with Crippen molar-refractivity contribution in [3.8, 4) is 6.07 Å². The average molecular weight is 227 g/mol. The summed E-state index contributed by atoms with van der Waals surface area (Å²) in [5, 5.41) is 11.4. The van der Waals surface area contributed by atoms with Gasteiger partial charge in [-0.05, 0) is 12.1 Å². The Hall–Kier alpha value is -1.74. The zero-order valence-corrected chi connectivity index (χ0v) is 8.49. The van der Waals surface area contributed by atoms with E-state index in [-0.39, 0.29) is 6.61 Å². The first-order valence-corrected chi connectivity index (χ1v) is 4.68. The van der Waals surface area contributed by atoms with Crippen molar-refractivity contribution in [3.05, 3.63) is 23.9 Å². The van der Waals surface area contributed by atoms with Gasteiger partial charge < -0.3 is 10.1 Å². The van der Waals surface area contributed by atoms with E-state index in [1.165, 1.54) is 6.20 Å². The van der Waals surface area contributed by atoms with Gasteiger partial charge in [-0.3, -0.25) is 0 Å². The summed E-state index contributed by atoms with van der Waals surface area (Å²) in [6, 6.07) is 5.21. The lowest BCUT2D eigenvalue weighted by Crippen LogP contribution is -2.13. The monoisotopic (exact) mass is 227 g/mol. The van der Waals surface area contributed by atoms with Crippen molar-refractivity contribution in [2.75, 3.05) is 25.1 Å². The average Bonchev–Trinajstić information content (AvgIpc) is 2.29. The lowest BCUT2D eigenvalue weighted by molar-refractivity contribution is 0.0215. The molecule has 0 saturated heterocycles. The fraction of sp³-hybridized carbons (Fsp3) is 0.400. The molecule has 0 saturated carbocycles. The molecular formula is C10H11F2N3O. The number of aromatic nitrogens is 1. The minimum Gasteiger partial charge on any atom is -0.374 e. The van der Waals surface area contributed by atoms with Crippen LogP contribution in [0.5, 0.6) is 0 Å². The molecule has 0 radical (unpaired) electrons. The summed E-state index contributed by atoms with van der Waals surface area (Å²) in [7, 11) is 0.